The number of hydrogen-bond donors (Lipinski definition) is 2. The van der Waals surface area contributed by atoms with E-state index in [1.54, 1.807) is 18.3 Å². The van der Waals surface area contributed by atoms with Crippen molar-refractivity contribution < 1.29 is 9.90 Å². The van der Waals surface area contributed by atoms with Gasteiger partial charge in [-0.25, -0.2) is 14.8 Å². The van der Waals surface area contributed by atoms with E-state index in [1.165, 1.54) is 25.3 Å². The summed E-state index contributed by atoms with van der Waals surface area (Å²) in [6, 6.07) is 8.77. The number of anilines is 3. The first kappa shape index (κ1) is 14.3. The number of carbonyl (C=O) groups is 1. The highest BCUT2D eigenvalue weighted by molar-refractivity contribution is 5.85. The second kappa shape index (κ2) is 6.43. The zero-order chi connectivity index (χ0) is 15.4. The molecule has 0 spiro atoms. The van der Waals surface area contributed by atoms with Crippen LogP contribution in [0.1, 0.15) is 29.8 Å². The van der Waals surface area contributed by atoms with Crippen LogP contribution in [-0.2, 0) is 0 Å². The lowest BCUT2D eigenvalue weighted by molar-refractivity contribution is 0.0690. The molecule has 1 fully saturated rings. The number of rotatable bonds is 4. The van der Waals surface area contributed by atoms with Gasteiger partial charge in [0.15, 0.2) is 5.69 Å². The Balaban J connectivity index is 1.70. The van der Waals surface area contributed by atoms with Gasteiger partial charge in [0.1, 0.15) is 11.6 Å². The van der Waals surface area contributed by atoms with Crippen LogP contribution in [0.5, 0.6) is 0 Å². The SMILES string of the molecule is O=C(O)c1cccc(Nc2ccc(N3CCCCC3)nc2)n1. The molecule has 1 aliphatic heterocycles. The molecule has 0 bridgehead atoms. The molecule has 1 aliphatic rings. The van der Waals surface area contributed by atoms with Gasteiger partial charge in [0, 0.05) is 13.1 Å². The number of carboxylic acids is 1. The smallest absolute Gasteiger partial charge is 0.354 e. The number of nitrogens with one attached hydrogen (secondary N) is 1. The van der Waals surface area contributed by atoms with Crippen molar-refractivity contribution in [2.75, 3.05) is 23.3 Å². The van der Waals surface area contributed by atoms with E-state index in [0.29, 0.717) is 5.82 Å². The Kier molecular flexibility index (Phi) is 4.18. The maximum absolute atomic E-state index is 10.9. The van der Waals surface area contributed by atoms with Crippen LogP contribution in [0.25, 0.3) is 0 Å². The number of carboxylic acid groups (broad SMARTS) is 1. The summed E-state index contributed by atoms with van der Waals surface area (Å²) in [5.74, 6) is 0.437. The molecular weight excluding hydrogens is 280 g/mol. The molecule has 0 atom stereocenters. The van der Waals surface area contributed by atoms with Crippen molar-refractivity contribution in [3.05, 3.63) is 42.2 Å². The lowest BCUT2D eigenvalue weighted by atomic mass is 10.1. The van der Waals surface area contributed by atoms with Gasteiger partial charge < -0.3 is 15.3 Å². The average molecular weight is 298 g/mol. The zero-order valence-corrected chi connectivity index (χ0v) is 12.2. The molecule has 22 heavy (non-hydrogen) atoms. The molecule has 2 aromatic heterocycles. The Labute approximate surface area is 128 Å². The first-order chi connectivity index (χ1) is 10.7. The first-order valence-electron chi connectivity index (χ1n) is 7.41. The van der Waals surface area contributed by atoms with E-state index in [4.69, 9.17) is 5.11 Å². The van der Waals surface area contributed by atoms with Gasteiger partial charge in [-0.05, 0) is 43.5 Å². The number of piperidine rings is 1. The van der Waals surface area contributed by atoms with E-state index in [0.717, 1.165) is 24.6 Å². The van der Waals surface area contributed by atoms with Crippen LogP contribution >= 0.6 is 0 Å². The van der Waals surface area contributed by atoms with Gasteiger partial charge in [-0.1, -0.05) is 6.07 Å². The standard InChI is InChI=1S/C16H18N4O2/c21-16(22)13-5-4-6-14(19-13)18-12-7-8-15(17-11-12)20-9-2-1-3-10-20/h4-8,11H,1-3,9-10H2,(H,18,19)(H,21,22). The van der Waals surface area contributed by atoms with Crippen molar-refractivity contribution in [2.45, 2.75) is 19.3 Å². The van der Waals surface area contributed by atoms with Crippen LogP contribution in [-0.4, -0.2) is 34.1 Å². The van der Waals surface area contributed by atoms with Crippen molar-refractivity contribution >= 4 is 23.3 Å². The summed E-state index contributed by atoms with van der Waals surface area (Å²) in [4.78, 5) is 21.7. The van der Waals surface area contributed by atoms with Crippen LogP contribution in [0.15, 0.2) is 36.5 Å². The van der Waals surface area contributed by atoms with Crippen LogP contribution < -0.4 is 10.2 Å². The Morgan fingerprint density at radius 1 is 1.14 bits per heavy atom. The van der Waals surface area contributed by atoms with Gasteiger partial charge in [-0.3, -0.25) is 0 Å². The predicted molar refractivity (Wildman–Crippen MR) is 84.8 cm³/mol. The van der Waals surface area contributed by atoms with Gasteiger partial charge in [0.2, 0.25) is 0 Å². The minimum Gasteiger partial charge on any atom is -0.477 e. The highest BCUT2D eigenvalue weighted by Crippen LogP contribution is 2.20. The maximum Gasteiger partial charge on any atom is 0.354 e. The topological polar surface area (TPSA) is 78.4 Å². The van der Waals surface area contributed by atoms with E-state index < -0.39 is 5.97 Å². The largest absolute Gasteiger partial charge is 0.477 e. The highest BCUT2D eigenvalue weighted by atomic mass is 16.4. The third kappa shape index (κ3) is 3.33. The average Bonchev–Trinajstić information content (AvgIpc) is 2.56. The molecule has 1 saturated heterocycles. The Morgan fingerprint density at radius 3 is 2.64 bits per heavy atom. The quantitative estimate of drug-likeness (QED) is 0.903. The van der Waals surface area contributed by atoms with Crippen molar-refractivity contribution in [3.63, 3.8) is 0 Å². The number of aromatic carboxylic acids is 1. The number of nitrogens with zero attached hydrogens (tertiary/aromatic N) is 3. The molecule has 6 heteroatoms. The van der Waals surface area contributed by atoms with Crippen LogP contribution in [0, 0.1) is 0 Å². The summed E-state index contributed by atoms with van der Waals surface area (Å²) in [6.45, 7) is 2.12. The molecule has 0 saturated carbocycles. The minimum absolute atomic E-state index is 0.0166. The van der Waals surface area contributed by atoms with E-state index in [2.05, 4.69) is 20.2 Å². The molecule has 0 radical (unpaired) electrons. The Hall–Kier alpha value is -2.63. The van der Waals surface area contributed by atoms with Gasteiger partial charge in [0.05, 0.1) is 11.9 Å². The van der Waals surface area contributed by atoms with Crippen molar-refractivity contribution in [1.29, 1.82) is 0 Å². The first-order valence-corrected chi connectivity index (χ1v) is 7.41. The summed E-state index contributed by atoms with van der Waals surface area (Å²) < 4.78 is 0. The molecule has 2 aromatic rings. The van der Waals surface area contributed by atoms with E-state index >= 15 is 0 Å². The maximum atomic E-state index is 10.9. The second-order valence-electron chi connectivity index (χ2n) is 5.29. The molecule has 2 N–H and O–H groups in total. The Morgan fingerprint density at radius 2 is 1.95 bits per heavy atom. The van der Waals surface area contributed by atoms with Gasteiger partial charge in [0.25, 0.3) is 0 Å². The molecule has 0 aliphatic carbocycles. The highest BCUT2D eigenvalue weighted by Gasteiger charge is 2.12. The number of aromatic nitrogens is 2. The molecule has 3 rings (SSSR count). The van der Waals surface area contributed by atoms with E-state index in [1.807, 2.05) is 12.1 Å². The van der Waals surface area contributed by atoms with Gasteiger partial charge >= 0.3 is 5.97 Å². The normalized spacial score (nSPS) is 14.6. The summed E-state index contributed by atoms with van der Waals surface area (Å²) >= 11 is 0. The monoisotopic (exact) mass is 298 g/mol. The summed E-state index contributed by atoms with van der Waals surface area (Å²) in [6.07, 6.45) is 5.47. The summed E-state index contributed by atoms with van der Waals surface area (Å²) in [7, 11) is 0. The molecule has 0 unspecified atom stereocenters. The number of pyridine rings is 2. The lowest BCUT2D eigenvalue weighted by Crippen LogP contribution is -2.29. The zero-order valence-electron chi connectivity index (χ0n) is 12.2. The third-order valence-electron chi connectivity index (χ3n) is 3.67. The fraction of sp³-hybridized carbons (Fsp3) is 0.312. The van der Waals surface area contributed by atoms with Crippen LogP contribution in [0.3, 0.4) is 0 Å². The molecule has 3 heterocycles. The fourth-order valence-corrected chi connectivity index (χ4v) is 2.54. The van der Waals surface area contributed by atoms with Crippen molar-refractivity contribution in [2.24, 2.45) is 0 Å². The minimum atomic E-state index is -1.04. The lowest BCUT2D eigenvalue weighted by Gasteiger charge is -2.27. The molecule has 6 nitrogen and oxygen atoms in total. The fourth-order valence-electron chi connectivity index (χ4n) is 2.54. The molecule has 0 amide bonds. The van der Waals surface area contributed by atoms with Crippen molar-refractivity contribution in [3.8, 4) is 0 Å². The molecule has 0 aromatic carbocycles. The van der Waals surface area contributed by atoms with Crippen LogP contribution in [0.2, 0.25) is 0 Å². The number of hydrogen-bond acceptors (Lipinski definition) is 5. The van der Waals surface area contributed by atoms with Crippen molar-refractivity contribution in [1.82, 2.24) is 9.97 Å². The molecule has 114 valence electrons. The summed E-state index contributed by atoms with van der Waals surface area (Å²) in [5, 5.41) is 12.0. The molecular formula is C16H18N4O2. The van der Waals surface area contributed by atoms with Gasteiger partial charge in [-0.2, -0.15) is 0 Å². The van der Waals surface area contributed by atoms with E-state index in [9.17, 15) is 4.79 Å². The summed E-state index contributed by atoms with van der Waals surface area (Å²) in [5.41, 5.74) is 0.804. The third-order valence-corrected chi connectivity index (χ3v) is 3.67. The van der Waals surface area contributed by atoms with E-state index in [-0.39, 0.29) is 5.69 Å². The Bertz CT molecular complexity index is 651. The second-order valence-corrected chi connectivity index (χ2v) is 5.29. The van der Waals surface area contributed by atoms with Gasteiger partial charge in [-0.15, -0.1) is 0 Å². The van der Waals surface area contributed by atoms with Crippen LogP contribution in [0.4, 0.5) is 17.3 Å². The predicted octanol–water partition coefficient (Wildman–Crippen LogP) is 2.91.